The highest BCUT2D eigenvalue weighted by atomic mass is 79.9. The van der Waals surface area contributed by atoms with E-state index in [1.807, 2.05) is 6.07 Å². The summed E-state index contributed by atoms with van der Waals surface area (Å²) in [6.07, 6.45) is -1.57. The minimum Gasteiger partial charge on any atom is -0.344 e. The number of amides is 1. The van der Waals surface area contributed by atoms with Gasteiger partial charge in [0.25, 0.3) is 11.5 Å². The Bertz CT molecular complexity index is 1720. The zero-order valence-electron chi connectivity index (χ0n) is 18.8. The first-order valence-electron chi connectivity index (χ1n) is 10.8. The molecule has 0 aliphatic rings. The Morgan fingerprint density at radius 1 is 1.16 bits per heavy atom. The van der Waals surface area contributed by atoms with Crippen molar-refractivity contribution in [3.8, 4) is 5.69 Å². The van der Waals surface area contributed by atoms with Gasteiger partial charge in [0.2, 0.25) is 0 Å². The summed E-state index contributed by atoms with van der Waals surface area (Å²) < 4.78 is 41.7. The molecular weight excluding hydrogens is 593 g/mol. The number of hydrogen-bond donors (Lipinski definition) is 1. The highest BCUT2D eigenvalue weighted by Gasteiger charge is 2.30. The number of halogens is 5. The number of fused-ring (bicyclic) bond motifs is 3. The molecule has 4 heterocycles. The van der Waals surface area contributed by atoms with Gasteiger partial charge in [-0.15, -0.1) is 11.3 Å². The highest BCUT2D eigenvalue weighted by molar-refractivity contribution is 9.10. The second kappa shape index (κ2) is 9.55. The van der Waals surface area contributed by atoms with Crippen LogP contribution in [0, 0.1) is 0 Å². The smallest absolute Gasteiger partial charge is 0.344 e. The van der Waals surface area contributed by atoms with Crippen LogP contribution in [0.2, 0.25) is 4.34 Å². The standard InChI is InChI=1S/C25H15BrClF3N4O2S/c1-12(17-4-2-3-9-31-17)33-23(35)13-10-16-20-18(19(26)21(27)37-20)24(36)34(22(16)32-11-13)15-7-5-14(6-8-15)25(28,29)30/h2-12H,1H3,(H,33,35)/t12-/m0/s1. The molecular formula is C25H15BrClF3N4O2S. The van der Waals surface area contributed by atoms with Crippen molar-refractivity contribution in [2.45, 2.75) is 19.1 Å². The average molecular weight is 608 g/mol. The Hall–Kier alpha value is -3.28. The molecule has 37 heavy (non-hydrogen) atoms. The lowest BCUT2D eigenvalue weighted by Crippen LogP contribution is -2.27. The van der Waals surface area contributed by atoms with Crippen molar-refractivity contribution in [1.82, 2.24) is 19.9 Å². The van der Waals surface area contributed by atoms with E-state index in [0.717, 1.165) is 23.5 Å². The Labute approximate surface area is 224 Å². The van der Waals surface area contributed by atoms with Crippen molar-refractivity contribution < 1.29 is 18.0 Å². The summed E-state index contributed by atoms with van der Waals surface area (Å²) in [5, 5.41) is 3.56. The van der Waals surface area contributed by atoms with Crippen LogP contribution >= 0.6 is 38.9 Å². The van der Waals surface area contributed by atoms with Crippen LogP contribution in [0.5, 0.6) is 0 Å². The Morgan fingerprint density at radius 3 is 2.54 bits per heavy atom. The molecule has 0 radical (unpaired) electrons. The van der Waals surface area contributed by atoms with Crippen LogP contribution in [-0.4, -0.2) is 20.4 Å². The molecule has 1 atom stereocenters. The van der Waals surface area contributed by atoms with E-state index in [0.29, 0.717) is 24.6 Å². The Balaban J connectivity index is 1.67. The summed E-state index contributed by atoms with van der Waals surface area (Å²) in [6.45, 7) is 1.80. The summed E-state index contributed by atoms with van der Waals surface area (Å²) in [5.41, 5.74) is -0.0781. The van der Waals surface area contributed by atoms with Gasteiger partial charge in [0.15, 0.2) is 0 Å². The SMILES string of the molecule is C[C@H](NC(=O)c1cnc2c(c1)c1sc(Cl)c(Br)c1c(=O)n2-c1ccc(C(F)(F)F)cc1)c1ccccn1. The molecule has 1 aromatic carbocycles. The largest absolute Gasteiger partial charge is 0.416 e. The van der Waals surface area contributed by atoms with E-state index in [9.17, 15) is 22.8 Å². The van der Waals surface area contributed by atoms with E-state index in [2.05, 4.69) is 31.2 Å². The third-order valence-electron chi connectivity index (χ3n) is 5.74. The van der Waals surface area contributed by atoms with Crippen molar-refractivity contribution in [3.63, 3.8) is 0 Å². The molecule has 1 amide bonds. The normalized spacial score (nSPS) is 12.7. The lowest BCUT2D eigenvalue weighted by molar-refractivity contribution is -0.137. The first-order chi connectivity index (χ1) is 17.6. The van der Waals surface area contributed by atoms with Crippen LogP contribution in [-0.2, 0) is 6.18 Å². The third-order valence-corrected chi connectivity index (χ3v) is 8.46. The fourth-order valence-electron chi connectivity index (χ4n) is 3.92. The zero-order valence-corrected chi connectivity index (χ0v) is 22.0. The van der Waals surface area contributed by atoms with E-state index in [4.69, 9.17) is 11.6 Å². The van der Waals surface area contributed by atoms with Crippen molar-refractivity contribution in [1.29, 1.82) is 0 Å². The number of rotatable bonds is 4. The van der Waals surface area contributed by atoms with Crippen molar-refractivity contribution >= 4 is 65.9 Å². The van der Waals surface area contributed by atoms with E-state index in [1.165, 1.54) is 22.9 Å². The van der Waals surface area contributed by atoms with Crippen molar-refractivity contribution in [3.05, 3.63) is 96.9 Å². The van der Waals surface area contributed by atoms with Crippen LogP contribution < -0.4 is 10.9 Å². The third kappa shape index (κ3) is 4.62. The van der Waals surface area contributed by atoms with Crippen LogP contribution in [0.4, 0.5) is 13.2 Å². The number of pyridine rings is 3. The van der Waals surface area contributed by atoms with Gasteiger partial charge >= 0.3 is 6.18 Å². The maximum Gasteiger partial charge on any atom is 0.416 e. The van der Waals surface area contributed by atoms with Crippen molar-refractivity contribution in [2.75, 3.05) is 0 Å². The van der Waals surface area contributed by atoms with Gasteiger partial charge in [0.05, 0.1) is 43.1 Å². The number of nitrogens with zero attached hydrogens (tertiary/aromatic N) is 3. The molecule has 1 N–H and O–H groups in total. The predicted molar refractivity (Wildman–Crippen MR) is 141 cm³/mol. The second-order valence-electron chi connectivity index (χ2n) is 8.12. The molecule has 0 saturated heterocycles. The van der Waals surface area contributed by atoms with Gasteiger partial charge in [-0.1, -0.05) is 17.7 Å². The van der Waals surface area contributed by atoms with Gasteiger partial charge in [-0.25, -0.2) is 4.98 Å². The van der Waals surface area contributed by atoms with Gasteiger partial charge < -0.3 is 5.32 Å². The molecule has 188 valence electrons. The molecule has 5 rings (SSSR count). The lowest BCUT2D eigenvalue weighted by atomic mass is 10.1. The van der Waals surface area contributed by atoms with E-state index in [-0.39, 0.29) is 28.3 Å². The number of alkyl halides is 3. The van der Waals surface area contributed by atoms with Crippen LogP contribution in [0.15, 0.2) is 70.2 Å². The first kappa shape index (κ1) is 25.4. The van der Waals surface area contributed by atoms with E-state index < -0.39 is 23.2 Å². The molecule has 0 saturated carbocycles. The molecule has 0 fully saturated rings. The van der Waals surface area contributed by atoms with Gasteiger partial charge in [-0.3, -0.25) is 19.1 Å². The van der Waals surface area contributed by atoms with Gasteiger partial charge in [-0.2, -0.15) is 13.2 Å². The minimum atomic E-state index is -4.52. The van der Waals surface area contributed by atoms with Gasteiger partial charge in [0, 0.05) is 17.8 Å². The fraction of sp³-hybridized carbons (Fsp3) is 0.120. The average Bonchev–Trinajstić information content (AvgIpc) is 3.18. The molecule has 0 spiro atoms. The van der Waals surface area contributed by atoms with Crippen LogP contribution in [0.25, 0.3) is 26.8 Å². The monoisotopic (exact) mass is 606 g/mol. The van der Waals surface area contributed by atoms with Crippen LogP contribution in [0.3, 0.4) is 0 Å². The molecule has 0 aliphatic carbocycles. The molecule has 12 heteroatoms. The zero-order chi connectivity index (χ0) is 26.5. The second-order valence-corrected chi connectivity index (χ2v) is 10.5. The molecule has 6 nitrogen and oxygen atoms in total. The summed E-state index contributed by atoms with van der Waals surface area (Å²) in [7, 11) is 0. The van der Waals surface area contributed by atoms with Gasteiger partial charge in [-0.05, 0) is 65.3 Å². The quantitative estimate of drug-likeness (QED) is 0.241. The molecule has 0 bridgehead atoms. The number of carbonyl (C=O) groups is 1. The Kier molecular flexibility index (Phi) is 6.55. The number of nitrogens with one attached hydrogen (secondary N) is 1. The topological polar surface area (TPSA) is 76.9 Å². The lowest BCUT2D eigenvalue weighted by Gasteiger charge is -2.15. The summed E-state index contributed by atoms with van der Waals surface area (Å²) in [5.74, 6) is -0.408. The molecule has 4 aromatic heterocycles. The summed E-state index contributed by atoms with van der Waals surface area (Å²) >= 11 is 10.8. The number of carbonyl (C=O) groups excluding carboxylic acids is 1. The molecule has 5 aromatic rings. The van der Waals surface area contributed by atoms with Gasteiger partial charge in [0.1, 0.15) is 9.98 Å². The first-order valence-corrected chi connectivity index (χ1v) is 12.8. The molecule has 0 aliphatic heterocycles. The fourth-order valence-corrected chi connectivity index (χ4v) is 5.91. The number of hydrogen-bond acceptors (Lipinski definition) is 5. The summed E-state index contributed by atoms with van der Waals surface area (Å²) in [4.78, 5) is 35.2. The maximum absolute atomic E-state index is 13.5. The van der Waals surface area contributed by atoms with E-state index >= 15 is 0 Å². The Morgan fingerprint density at radius 2 is 1.89 bits per heavy atom. The number of thiophene rings is 1. The highest BCUT2D eigenvalue weighted by Crippen LogP contribution is 2.41. The van der Waals surface area contributed by atoms with E-state index in [1.54, 1.807) is 31.3 Å². The molecule has 0 unspecified atom stereocenters. The number of benzene rings is 1. The maximum atomic E-state index is 13.5. The van der Waals surface area contributed by atoms with Crippen molar-refractivity contribution in [2.24, 2.45) is 0 Å². The summed E-state index contributed by atoms with van der Waals surface area (Å²) in [6, 6.07) is 10.8. The van der Waals surface area contributed by atoms with Crippen LogP contribution in [0.1, 0.15) is 34.6 Å². The predicted octanol–water partition coefficient (Wildman–Crippen LogP) is 6.92. The number of aromatic nitrogens is 3. The minimum absolute atomic E-state index is 0.178.